The van der Waals surface area contributed by atoms with Crippen LogP contribution in [0.3, 0.4) is 0 Å². The average molecular weight is 230 g/mol. The number of rotatable bonds is 2. The monoisotopic (exact) mass is 229 g/mol. The van der Waals surface area contributed by atoms with Crippen molar-refractivity contribution in [1.82, 2.24) is 0 Å². The Morgan fingerprint density at radius 3 is 2.47 bits per heavy atom. The van der Waals surface area contributed by atoms with Crippen molar-refractivity contribution < 1.29 is 9.47 Å². The first-order valence-electron chi connectivity index (χ1n) is 4.90. The molecule has 0 aromatic heterocycles. The Hall–Kier alpha value is -0.610. The topological polar surface area (TPSA) is 44.5 Å². The summed E-state index contributed by atoms with van der Waals surface area (Å²) in [7, 11) is 0. The standard InChI is InChI=1S/C11H15NO2.ClH/c12-8-10-11(14-7-6-13-10)9-4-2-1-3-5-9;/h1-5,10-11H,6-8,12H2;1H. The van der Waals surface area contributed by atoms with Crippen molar-refractivity contribution in [1.29, 1.82) is 0 Å². The molecule has 2 N–H and O–H groups in total. The molecule has 0 amide bonds. The molecule has 1 aromatic carbocycles. The first kappa shape index (κ1) is 12.5. The Morgan fingerprint density at radius 2 is 1.80 bits per heavy atom. The minimum absolute atomic E-state index is 0. The number of benzene rings is 1. The molecule has 1 heterocycles. The van der Waals surface area contributed by atoms with Gasteiger partial charge in [-0.15, -0.1) is 12.4 Å². The fraction of sp³-hybridized carbons (Fsp3) is 0.455. The Kier molecular flexibility index (Phi) is 5.05. The number of hydrogen-bond acceptors (Lipinski definition) is 3. The van der Waals surface area contributed by atoms with Crippen molar-refractivity contribution in [2.24, 2.45) is 5.73 Å². The van der Waals surface area contributed by atoms with Crippen LogP contribution < -0.4 is 5.73 Å². The zero-order valence-electron chi connectivity index (χ0n) is 8.46. The highest BCUT2D eigenvalue weighted by Gasteiger charge is 2.26. The van der Waals surface area contributed by atoms with Gasteiger partial charge in [-0.25, -0.2) is 0 Å². The molecular formula is C11H16ClNO2. The van der Waals surface area contributed by atoms with Gasteiger partial charge >= 0.3 is 0 Å². The van der Waals surface area contributed by atoms with E-state index in [4.69, 9.17) is 15.2 Å². The normalized spacial score (nSPS) is 25.7. The van der Waals surface area contributed by atoms with E-state index in [9.17, 15) is 0 Å². The molecule has 4 heteroatoms. The van der Waals surface area contributed by atoms with Crippen LogP contribution in [0.15, 0.2) is 30.3 Å². The molecule has 0 bridgehead atoms. The van der Waals surface area contributed by atoms with E-state index in [0.29, 0.717) is 19.8 Å². The molecule has 1 saturated heterocycles. The highest BCUT2D eigenvalue weighted by molar-refractivity contribution is 5.85. The van der Waals surface area contributed by atoms with Crippen LogP contribution in [-0.2, 0) is 9.47 Å². The Bertz CT molecular complexity index is 281. The summed E-state index contributed by atoms with van der Waals surface area (Å²) < 4.78 is 11.2. The van der Waals surface area contributed by atoms with Crippen LogP contribution >= 0.6 is 12.4 Å². The molecule has 2 rings (SSSR count). The van der Waals surface area contributed by atoms with Crippen LogP contribution in [0.5, 0.6) is 0 Å². The van der Waals surface area contributed by atoms with Crippen molar-refractivity contribution in [2.75, 3.05) is 19.8 Å². The van der Waals surface area contributed by atoms with Gasteiger partial charge in [0.25, 0.3) is 0 Å². The third kappa shape index (κ3) is 2.92. The van der Waals surface area contributed by atoms with Crippen LogP contribution in [0.25, 0.3) is 0 Å². The maximum absolute atomic E-state index is 5.66. The molecule has 1 aliphatic rings. The maximum atomic E-state index is 5.66. The molecule has 1 aromatic rings. The van der Waals surface area contributed by atoms with Crippen molar-refractivity contribution >= 4 is 12.4 Å². The molecule has 2 unspecified atom stereocenters. The van der Waals surface area contributed by atoms with Gasteiger partial charge in [0, 0.05) is 6.54 Å². The number of nitrogens with two attached hydrogens (primary N) is 1. The second-order valence-corrected chi connectivity index (χ2v) is 3.35. The Balaban J connectivity index is 0.00000112. The van der Waals surface area contributed by atoms with E-state index >= 15 is 0 Å². The molecule has 2 atom stereocenters. The summed E-state index contributed by atoms with van der Waals surface area (Å²) in [6.45, 7) is 1.79. The number of ether oxygens (including phenoxy) is 2. The van der Waals surface area contributed by atoms with E-state index in [1.165, 1.54) is 0 Å². The molecule has 0 radical (unpaired) electrons. The molecular weight excluding hydrogens is 214 g/mol. The molecule has 1 aliphatic heterocycles. The maximum Gasteiger partial charge on any atom is 0.110 e. The van der Waals surface area contributed by atoms with Gasteiger partial charge in [-0.05, 0) is 5.56 Å². The third-order valence-corrected chi connectivity index (χ3v) is 2.41. The molecule has 0 saturated carbocycles. The SMILES string of the molecule is Cl.NCC1OCCOC1c1ccccc1. The summed E-state index contributed by atoms with van der Waals surface area (Å²) in [5.41, 5.74) is 6.77. The number of hydrogen-bond donors (Lipinski definition) is 1. The summed E-state index contributed by atoms with van der Waals surface area (Å²) in [5.74, 6) is 0. The first-order chi connectivity index (χ1) is 6.92. The summed E-state index contributed by atoms with van der Waals surface area (Å²) in [5, 5.41) is 0. The van der Waals surface area contributed by atoms with Gasteiger partial charge in [-0.1, -0.05) is 30.3 Å². The summed E-state index contributed by atoms with van der Waals surface area (Å²) in [6, 6.07) is 10.1. The van der Waals surface area contributed by atoms with Crippen molar-refractivity contribution in [2.45, 2.75) is 12.2 Å². The van der Waals surface area contributed by atoms with Gasteiger partial charge in [-0.2, -0.15) is 0 Å². The van der Waals surface area contributed by atoms with Crippen molar-refractivity contribution in [3.63, 3.8) is 0 Å². The predicted octanol–water partition coefficient (Wildman–Crippen LogP) is 1.52. The highest BCUT2D eigenvalue weighted by atomic mass is 35.5. The van der Waals surface area contributed by atoms with E-state index in [1.807, 2.05) is 30.3 Å². The first-order valence-corrected chi connectivity index (χ1v) is 4.90. The predicted molar refractivity (Wildman–Crippen MR) is 61.2 cm³/mol. The van der Waals surface area contributed by atoms with Crippen LogP contribution in [0.4, 0.5) is 0 Å². The van der Waals surface area contributed by atoms with Gasteiger partial charge in [0.1, 0.15) is 12.2 Å². The zero-order chi connectivity index (χ0) is 9.80. The highest BCUT2D eigenvalue weighted by Crippen LogP contribution is 2.25. The lowest BCUT2D eigenvalue weighted by Crippen LogP contribution is -2.37. The Labute approximate surface area is 96.0 Å². The van der Waals surface area contributed by atoms with E-state index in [0.717, 1.165) is 5.56 Å². The van der Waals surface area contributed by atoms with Gasteiger partial charge in [0.15, 0.2) is 0 Å². The van der Waals surface area contributed by atoms with Crippen molar-refractivity contribution in [3.8, 4) is 0 Å². The minimum atomic E-state index is -0.00819. The van der Waals surface area contributed by atoms with Gasteiger partial charge in [0.05, 0.1) is 13.2 Å². The zero-order valence-corrected chi connectivity index (χ0v) is 9.28. The van der Waals surface area contributed by atoms with Crippen LogP contribution in [0.2, 0.25) is 0 Å². The summed E-state index contributed by atoms with van der Waals surface area (Å²) in [4.78, 5) is 0. The fourth-order valence-corrected chi connectivity index (χ4v) is 1.71. The lowest BCUT2D eigenvalue weighted by molar-refractivity contribution is -0.138. The van der Waals surface area contributed by atoms with Gasteiger partial charge in [0.2, 0.25) is 0 Å². The minimum Gasteiger partial charge on any atom is -0.371 e. The molecule has 0 aliphatic carbocycles. The average Bonchev–Trinajstić information content (AvgIpc) is 2.30. The molecule has 1 fully saturated rings. The largest absolute Gasteiger partial charge is 0.371 e. The van der Waals surface area contributed by atoms with E-state index in [2.05, 4.69) is 0 Å². The van der Waals surface area contributed by atoms with Crippen LogP contribution in [-0.4, -0.2) is 25.9 Å². The summed E-state index contributed by atoms with van der Waals surface area (Å²) >= 11 is 0. The molecule has 15 heavy (non-hydrogen) atoms. The summed E-state index contributed by atoms with van der Waals surface area (Å²) in [6.07, 6.45) is -0.0129. The smallest absolute Gasteiger partial charge is 0.110 e. The number of halogens is 1. The van der Waals surface area contributed by atoms with Gasteiger partial charge in [-0.3, -0.25) is 0 Å². The second-order valence-electron chi connectivity index (χ2n) is 3.35. The second kappa shape index (κ2) is 6.08. The molecule has 3 nitrogen and oxygen atoms in total. The fourth-order valence-electron chi connectivity index (χ4n) is 1.71. The third-order valence-electron chi connectivity index (χ3n) is 2.41. The van der Waals surface area contributed by atoms with E-state index in [-0.39, 0.29) is 24.6 Å². The molecule has 84 valence electrons. The quantitative estimate of drug-likeness (QED) is 0.837. The van der Waals surface area contributed by atoms with E-state index in [1.54, 1.807) is 0 Å². The van der Waals surface area contributed by atoms with Crippen molar-refractivity contribution in [3.05, 3.63) is 35.9 Å². The molecule has 0 spiro atoms. The Morgan fingerprint density at radius 1 is 1.13 bits per heavy atom. The lowest BCUT2D eigenvalue weighted by Gasteiger charge is -2.31. The van der Waals surface area contributed by atoms with Crippen LogP contribution in [0, 0.1) is 0 Å². The lowest BCUT2D eigenvalue weighted by atomic mass is 10.0. The van der Waals surface area contributed by atoms with Crippen LogP contribution in [0.1, 0.15) is 11.7 Å². The van der Waals surface area contributed by atoms with Gasteiger partial charge < -0.3 is 15.2 Å². The van der Waals surface area contributed by atoms with E-state index < -0.39 is 0 Å².